The molecule has 0 saturated carbocycles. The maximum atomic E-state index is 11.4. The summed E-state index contributed by atoms with van der Waals surface area (Å²) in [6.07, 6.45) is 10.9. The molecule has 0 aromatic carbocycles. The number of allylic oxidation sites excluding steroid dienone is 5. The second-order valence-corrected chi connectivity index (χ2v) is 7.11. The van der Waals surface area contributed by atoms with E-state index in [4.69, 9.17) is 5.11 Å². The van der Waals surface area contributed by atoms with E-state index in [1.54, 1.807) is 0 Å². The van der Waals surface area contributed by atoms with Crippen LogP contribution in [-0.2, 0) is 9.59 Å². The summed E-state index contributed by atoms with van der Waals surface area (Å²) in [5.74, 6) is -0.287. The smallest absolute Gasteiger partial charge is 0.303 e. The highest BCUT2D eigenvalue weighted by Crippen LogP contribution is 2.13. The van der Waals surface area contributed by atoms with Gasteiger partial charge in [-0.25, -0.2) is 0 Å². The predicted molar refractivity (Wildman–Crippen MR) is 99.7 cm³/mol. The molecule has 0 rings (SSSR count). The van der Waals surface area contributed by atoms with Crippen molar-refractivity contribution in [2.75, 3.05) is 5.75 Å². The largest absolute Gasteiger partial charge is 0.481 e. The lowest BCUT2D eigenvalue weighted by Crippen LogP contribution is -2.00. The van der Waals surface area contributed by atoms with E-state index in [0.717, 1.165) is 25.7 Å². The van der Waals surface area contributed by atoms with Gasteiger partial charge in [0.25, 0.3) is 0 Å². The van der Waals surface area contributed by atoms with E-state index >= 15 is 0 Å². The van der Waals surface area contributed by atoms with Crippen molar-refractivity contribution in [2.24, 2.45) is 0 Å². The van der Waals surface area contributed by atoms with Crippen LogP contribution in [0, 0.1) is 0 Å². The molecule has 0 aliphatic heterocycles. The molecule has 0 spiro atoms. The van der Waals surface area contributed by atoms with E-state index in [0.29, 0.717) is 5.75 Å². The summed E-state index contributed by atoms with van der Waals surface area (Å²) < 4.78 is 0. The molecule has 0 heterocycles. The van der Waals surface area contributed by atoms with E-state index in [-0.39, 0.29) is 18.0 Å². The Bertz CT molecular complexity index is 469. The first-order valence-corrected chi connectivity index (χ1v) is 9.12. The number of carboxylic acids is 1. The second-order valence-electron chi connectivity index (χ2n) is 6.04. The van der Waals surface area contributed by atoms with E-state index < -0.39 is 5.97 Å². The van der Waals surface area contributed by atoms with Gasteiger partial charge >= 0.3 is 5.97 Å². The SMILES string of the molecule is CC(C)=CCCC(C)=CCCC(C)=CCSC(=O)CCC(=O)O. The van der Waals surface area contributed by atoms with Crippen molar-refractivity contribution in [3.63, 3.8) is 0 Å². The van der Waals surface area contributed by atoms with E-state index in [1.807, 2.05) is 0 Å². The Morgan fingerprint density at radius 1 is 0.826 bits per heavy atom. The fraction of sp³-hybridized carbons (Fsp3) is 0.579. The Kier molecular flexibility index (Phi) is 12.4. The van der Waals surface area contributed by atoms with Gasteiger partial charge in [0.15, 0.2) is 5.12 Å². The third-order valence-corrected chi connectivity index (χ3v) is 4.20. The minimum Gasteiger partial charge on any atom is -0.481 e. The predicted octanol–water partition coefficient (Wildman–Crippen LogP) is 5.53. The van der Waals surface area contributed by atoms with Gasteiger partial charge in [-0.05, 0) is 53.4 Å². The number of hydrogen-bond donors (Lipinski definition) is 1. The van der Waals surface area contributed by atoms with E-state index in [9.17, 15) is 9.59 Å². The molecule has 0 bridgehead atoms. The van der Waals surface area contributed by atoms with Crippen LogP contribution in [0.4, 0.5) is 0 Å². The second kappa shape index (κ2) is 13.2. The minimum absolute atomic E-state index is 0.0496. The Morgan fingerprint density at radius 2 is 1.39 bits per heavy atom. The number of aliphatic carboxylic acids is 1. The number of thioether (sulfide) groups is 1. The molecule has 0 aromatic heterocycles. The molecule has 0 unspecified atom stereocenters. The molecular formula is C19H30O3S. The van der Waals surface area contributed by atoms with Gasteiger partial charge in [0.2, 0.25) is 0 Å². The number of hydrogen-bond acceptors (Lipinski definition) is 3. The van der Waals surface area contributed by atoms with Crippen LogP contribution in [0.1, 0.15) is 66.2 Å². The molecule has 4 heteroatoms. The summed E-state index contributed by atoms with van der Waals surface area (Å²) in [7, 11) is 0. The zero-order valence-corrected chi connectivity index (χ0v) is 15.7. The van der Waals surface area contributed by atoms with E-state index in [2.05, 4.69) is 45.9 Å². The van der Waals surface area contributed by atoms with Gasteiger partial charge in [-0.2, -0.15) is 0 Å². The van der Waals surface area contributed by atoms with Gasteiger partial charge in [0.05, 0.1) is 6.42 Å². The summed E-state index contributed by atoms with van der Waals surface area (Å²) in [4.78, 5) is 21.8. The molecule has 0 aliphatic rings. The monoisotopic (exact) mass is 338 g/mol. The number of rotatable bonds is 11. The number of carbonyl (C=O) groups is 2. The van der Waals surface area contributed by atoms with Crippen molar-refractivity contribution in [1.82, 2.24) is 0 Å². The molecule has 0 aliphatic carbocycles. The molecule has 1 N–H and O–H groups in total. The van der Waals surface area contributed by atoms with Crippen molar-refractivity contribution in [3.8, 4) is 0 Å². The highest BCUT2D eigenvalue weighted by atomic mass is 32.2. The first-order valence-electron chi connectivity index (χ1n) is 8.13. The molecule has 0 fully saturated rings. The lowest BCUT2D eigenvalue weighted by atomic mass is 10.1. The summed E-state index contributed by atoms with van der Waals surface area (Å²) in [6.45, 7) is 8.50. The molecule has 0 atom stereocenters. The zero-order chi connectivity index (χ0) is 17.7. The summed E-state index contributed by atoms with van der Waals surface area (Å²) >= 11 is 1.20. The van der Waals surface area contributed by atoms with Gasteiger partial charge in [-0.1, -0.05) is 46.7 Å². The van der Waals surface area contributed by atoms with Crippen molar-refractivity contribution in [1.29, 1.82) is 0 Å². The lowest BCUT2D eigenvalue weighted by molar-refractivity contribution is -0.137. The average molecular weight is 339 g/mol. The third kappa shape index (κ3) is 15.4. The van der Waals surface area contributed by atoms with Gasteiger partial charge in [0, 0.05) is 12.2 Å². The topological polar surface area (TPSA) is 54.4 Å². The maximum Gasteiger partial charge on any atom is 0.303 e. The van der Waals surface area contributed by atoms with Crippen molar-refractivity contribution in [3.05, 3.63) is 34.9 Å². The number of carbonyl (C=O) groups excluding carboxylic acids is 1. The molecular weight excluding hydrogens is 308 g/mol. The number of carboxylic acid groups (broad SMARTS) is 1. The van der Waals surface area contributed by atoms with Crippen LogP contribution in [0.2, 0.25) is 0 Å². The third-order valence-electron chi connectivity index (χ3n) is 3.34. The van der Waals surface area contributed by atoms with Crippen molar-refractivity contribution in [2.45, 2.75) is 66.2 Å². The highest BCUT2D eigenvalue weighted by Gasteiger charge is 2.05. The summed E-state index contributed by atoms with van der Waals surface area (Å²) in [6, 6.07) is 0. The van der Waals surface area contributed by atoms with Gasteiger partial charge < -0.3 is 5.11 Å². The maximum absolute atomic E-state index is 11.4. The lowest BCUT2D eigenvalue weighted by Gasteiger charge is -2.02. The minimum atomic E-state index is -0.919. The quantitative estimate of drug-likeness (QED) is 0.503. The Balaban J connectivity index is 3.91. The fourth-order valence-electron chi connectivity index (χ4n) is 1.90. The van der Waals surface area contributed by atoms with Gasteiger partial charge in [-0.3, -0.25) is 9.59 Å². The molecule has 0 saturated heterocycles. The molecule has 130 valence electrons. The van der Waals surface area contributed by atoms with Crippen LogP contribution >= 0.6 is 11.8 Å². The Labute approximate surface area is 144 Å². The Morgan fingerprint density at radius 3 is 1.96 bits per heavy atom. The van der Waals surface area contributed by atoms with Crippen molar-refractivity contribution < 1.29 is 14.7 Å². The normalized spacial score (nSPS) is 12.2. The zero-order valence-electron chi connectivity index (χ0n) is 14.9. The highest BCUT2D eigenvalue weighted by molar-refractivity contribution is 8.13. The van der Waals surface area contributed by atoms with Crippen LogP contribution in [0.15, 0.2) is 34.9 Å². The van der Waals surface area contributed by atoms with Crippen molar-refractivity contribution >= 4 is 22.8 Å². The van der Waals surface area contributed by atoms with Gasteiger partial charge in [0.1, 0.15) is 0 Å². The van der Waals surface area contributed by atoms with Crippen LogP contribution in [-0.4, -0.2) is 21.9 Å². The first kappa shape index (κ1) is 21.7. The average Bonchev–Trinajstić information content (AvgIpc) is 2.44. The molecule has 23 heavy (non-hydrogen) atoms. The summed E-state index contributed by atoms with van der Waals surface area (Å²) in [5, 5.41) is 8.47. The van der Waals surface area contributed by atoms with Crippen LogP contribution in [0.3, 0.4) is 0 Å². The summed E-state index contributed by atoms with van der Waals surface area (Å²) in [5.41, 5.74) is 4.07. The Hall–Kier alpha value is -1.29. The van der Waals surface area contributed by atoms with Crippen LogP contribution < -0.4 is 0 Å². The van der Waals surface area contributed by atoms with E-state index in [1.165, 1.54) is 28.5 Å². The van der Waals surface area contributed by atoms with Crippen LogP contribution in [0.25, 0.3) is 0 Å². The molecule has 0 aromatic rings. The molecule has 3 nitrogen and oxygen atoms in total. The molecule has 0 amide bonds. The first-order chi connectivity index (χ1) is 10.8. The van der Waals surface area contributed by atoms with Crippen LogP contribution in [0.5, 0.6) is 0 Å². The van der Waals surface area contributed by atoms with Gasteiger partial charge in [-0.15, -0.1) is 0 Å². The fourth-order valence-corrected chi connectivity index (χ4v) is 2.70. The molecule has 0 radical (unpaired) electrons. The standard InChI is InChI=1S/C19H30O3S/c1-15(2)7-5-8-16(3)9-6-10-17(4)13-14-23-19(22)12-11-18(20)21/h7,9,13H,5-6,8,10-12,14H2,1-4H3,(H,20,21).